The Morgan fingerprint density at radius 1 is 1.52 bits per heavy atom. The fourth-order valence-electron chi connectivity index (χ4n) is 2.54. The number of nitrogens with zero attached hydrogens (tertiary/aromatic N) is 2. The average Bonchev–Trinajstić information content (AvgIpc) is 2.43. The second-order valence-corrected chi connectivity index (χ2v) is 6.33. The van der Waals surface area contributed by atoms with Crippen molar-refractivity contribution in [3.63, 3.8) is 0 Å². The third kappa shape index (κ3) is 4.83. The molecule has 118 valence electrons. The van der Waals surface area contributed by atoms with Crippen LogP contribution in [-0.2, 0) is 11.3 Å². The van der Waals surface area contributed by atoms with Crippen LogP contribution in [0.25, 0.3) is 0 Å². The minimum Gasteiger partial charge on any atom is -0.341 e. The summed E-state index contributed by atoms with van der Waals surface area (Å²) in [7, 11) is 0. The Kier molecular flexibility index (Phi) is 6.90. The van der Waals surface area contributed by atoms with Crippen LogP contribution in [0.15, 0.2) is 27.6 Å². The molecular formula is C14H21BrClN3O2. The monoisotopic (exact) mass is 377 g/mol. The molecule has 1 aromatic rings. The molecule has 2 heterocycles. The van der Waals surface area contributed by atoms with Crippen LogP contribution < -0.4 is 11.3 Å². The lowest BCUT2D eigenvalue weighted by Gasteiger charge is -2.34. The molecular weight excluding hydrogens is 358 g/mol. The highest BCUT2D eigenvalue weighted by Gasteiger charge is 2.25. The Morgan fingerprint density at radius 2 is 2.24 bits per heavy atom. The van der Waals surface area contributed by atoms with Crippen LogP contribution in [0.5, 0.6) is 0 Å². The quantitative estimate of drug-likeness (QED) is 0.869. The highest BCUT2D eigenvalue weighted by molar-refractivity contribution is 9.10. The minimum atomic E-state index is -0.165. The number of hydrogen-bond acceptors (Lipinski definition) is 3. The number of rotatable bonds is 3. The highest BCUT2D eigenvalue weighted by Crippen LogP contribution is 2.19. The lowest BCUT2D eigenvalue weighted by Crippen LogP contribution is -2.46. The van der Waals surface area contributed by atoms with Gasteiger partial charge in [-0.3, -0.25) is 9.59 Å². The maximum absolute atomic E-state index is 12.3. The molecule has 2 unspecified atom stereocenters. The molecule has 2 atom stereocenters. The zero-order valence-electron chi connectivity index (χ0n) is 12.0. The topological polar surface area (TPSA) is 68.3 Å². The summed E-state index contributed by atoms with van der Waals surface area (Å²) in [5.41, 5.74) is 5.76. The average molecular weight is 379 g/mol. The van der Waals surface area contributed by atoms with E-state index in [2.05, 4.69) is 15.9 Å². The van der Waals surface area contributed by atoms with Crippen molar-refractivity contribution in [2.75, 3.05) is 13.1 Å². The van der Waals surface area contributed by atoms with Crippen molar-refractivity contribution in [2.45, 2.75) is 32.4 Å². The van der Waals surface area contributed by atoms with E-state index in [1.54, 1.807) is 12.3 Å². The molecule has 2 rings (SSSR count). The largest absolute Gasteiger partial charge is 0.341 e. The fourth-order valence-corrected chi connectivity index (χ4v) is 2.92. The van der Waals surface area contributed by atoms with E-state index in [1.165, 1.54) is 10.6 Å². The summed E-state index contributed by atoms with van der Waals surface area (Å²) >= 11 is 3.31. The van der Waals surface area contributed by atoms with E-state index in [0.717, 1.165) is 23.9 Å². The standard InChI is InChI=1S/C14H20BrN3O2.ClH/c1-10(16)11-3-2-6-17(7-11)14(20)9-18-8-12(15)4-5-13(18)19;/h4-5,8,10-11H,2-3,6-7,9,16H2,1H3;1H. The number of halogens is 2. The van der Waals surface area contributed by atoms with E-state index >= 15 is 0 Å². The SMILES string of the molecule is CC(N)C1CCCN(C(=O)Cn2cc(Br)ccc2=O)C1.Cl. The van der Waals surface area contributed by atoms with Gasteiger partial charge in [0.1, 0.15) is 6.54 Å². The molecule has 2 N–H and O–H groups in total. The van der Waals surface area contributed by atoms with Gasteiger partial charge in [-0.05, 0) is 47.7 Å². The van der Waals surface area contributed by atoms with Crippen LogP contribution >= 0.6 is 28.3 Å². The normalized spacial score (nSPS) is 19.8. The number of aromatic nitrogens is 1. The van der Waals surface area contributed by atoms with E-state index in [4.69, 9.17) is 5.73 Å². The molecule has 0 radical (unpaired) electrons. The summed E-state index contributed by atoms with van der Waals surface area (Å²) in [5.74, 6) is 0.336. The lowest BCUT2D eigenvalue weighted by molar-refractivity contribution is -0.133. The highest BCUT2D eigenvalue weighted by atomic mass is 79.9. The fraction of sp³-hybridized carbons (Fsp3) is 0.571. The van der Waals surface area contributed by atoms with Gasteiger partial charge in [-0.15, -0.1) is 12.4 Å². The number of pyridine rings is 1. The second kappa shape index (κ2) is 7.96. The van der Waals surface area contributed by atoms with Crippen LogP contribution in [0.1, 0.15) is 19.8 Å². The smallest absolute Gasteiger partial charge is 0.251 e. The van der Waals surface area contributed by atoms with Crippen LogP contribution in [0.4, 0.5) is 0 Å². The molecule has 1 aliphatic rings. The molecule has 1 fully saturated rings. The summed E-state index contributed by atoms with van der Waals surface area (Å²) in [6.07, 6.45) is 3.69. The Labute approximate surface area is 139 Å². The van der Waals surface area contributed by atoms with Gasteiger partial charge in [-0.2, -0.15) is 0 Å². The number of piperidine rings is 1. The van der Waals surface area contributed by atoms with Crippen molar-refractivity contribution in [3.05, 3.63) is 33.2 Å². The molecule has 0 bridgehead atoms. The Balaban J connectivity index is 0.00000220. The van der Waals surface area contributed by atoms with Crippen molar-refractivity contribution in [3.8, 4) is 0 Å². The van der Waals surface area contributed by atoms with Gasteiger partial charge in [-0.1, -0.05) is 0 Å². The molecule has 7 heteroatoms. The summed E-state index contributed by atoms with van der Waals surface area (Å²) in [6, 6.07) is 3.23. The van der Waals surface area contributed by atoms with Gasteiger partial charge in [0, 0.05) is 35.9 Å². The third-order valence-corrected chi connectivity index (χ3v) is 4.28. The molecule has 1 aromatic heterocycles. The summed E-state index contributed by atoms with van der Waals surface area (Å²) < 4.78 is 2.22. The van der Waals surface area contributed by atoms with Crippen molar-refractivity contribution < 1.29 is 4.79 Å². The van der Waals surface area contributed by atoms with Crippen LogP contribution in [-0.4, -0.2) is 34.5 Å². The summed E-state index contributed by atoms with van der Waals surface area (Å²) in [4.78, 5) is 25.8. The van der Waals surface area contributed by atoms with Crippen molar-refractivity contribution >= 4 is 34.2 Å². The number of amides is 1. The van der Waals surface area contributed by atoms with Crippen molar-refractivity contribution in [2.24, 2.45) is 11.7 Å². The molecule has 21 heavy (non-hydrogen) atoms. The van der Waals surface area contributed by atoms with Gasteiger partial charge in [-0.25, -0.2) is 0 Å². The third-order valence-electron chi connectivity index (χ3n) is 3.81. The van der Waals surface area contributed by atoms with Gasteiger partial charge in [0.05, 0.1) is 0 Å². The molecule has 1 saturated heterocycles. The predicted molar refractivity (Wildman–Crippen MR) is 88.6 cm³/mol. The van der Waals surface area contributed by atoms with E-state index < -0.39 is 0 Å². The number of carbonyl (C=O) groups excluding carboxylic acids is 1. The maximum atomic E-state index is 12.3. The molecule has 0 aromatic carbocycles. The molecule has 0 saturated carbocycles. The van der Waals surface area contributed by atoms with Crippen LogP contribution in [0, 0.1) is 5.92 Å². The van der Waals surface area contributed by atoms with Gasteiger partial charge < -0.3 is 15.2 Å². The number of carbonyl (C=O) groups is 1. The first-order valence-corrected chi connectivity index (χ1v) is 7.66. The summed E-state index contributed by atoms with van der Waals surface area (Å²) in [5, 5.41) is 0. The van der Waals surface area contributed by atoms with Gasteiger partial charge >= 0.3 is 0 Å². The number of likely N-dealkylation sites (tertiary alicyclic amines) is 1. The van der Waals surface area contributed by atoms with Crippen LogP contribution in [0.3, 0.4) is 0 Å². The number of nitrogens with two attached hydrogens (primary N) is 1. The van der Waals surface area contributed by atoms with E-state index in [-0.39, 0.29) is 36.5 Å². The first kappa shape index (κ1) is 18.2. The van der Waals surface area contributed by atoms with Crippen molar-refractivity contribution in [1.29, 1.82) is 0 Å². The Bertz CT molecular complexity index is 547. The predicted octanol–water partition coefficient (Wildman–Crippen LogP) is 1.62. The molecule has 0 spiro atoms. The molecule has 5 nitrogen and oxygen atoms in total. The molecule has 1 aliphatic heterocycles. The molecule has 0 aliphatic carbocycles. The Hall–Kier alpha value is -0.850. The second-order valence-electron chi connectivity index (χ2n) is 5.41. The van der Waals surface area contributed by atoms with Gasteiger partial charge in [0.2, 0.25) is 5.91 Å². The number of hydrogen-bond donors (Lipinski definition) is 1. The first-order valence-electron chi connectivity index (χ1n) is 6.86. The van der Waals surface area contributed by atoms with Crippen LogP contribution in [0.2, 0.25) is 0 Å². The van der Waals surface area contributed by atoms with Crippen molar-refractivity contribution in [1.82, 2.24) is 9.47 Å². The van der Waals surface area contributed by atoms with E-state index in [0.29, 0.717) is 12.5 Å². The van der Waals surface area contributed by atoms with E-state index in [9.17, 15) is 9.59 Å². The zero-order valence-corrected chi connectivity index (χ0v) is 14.4. The first-order chi connectivity index (χ1) is 9.47. The van der Waals surface area contributed by atoms with Gasteiger partial charge in [0.25, 0.3) is 5.56 Å². The Morgan fingerprint density at radius 3 is 2.90 bits per heavy atom. The minimum absolute atomic E-state index is 0. The summed E-state index contributed by atoms with van der Waals surface area (Å²) in [6.45, 7) is 3.52. The maximum Gasteiger partial charge on any atom is 0.251 e. The zero-order chi connectivity index (χ0) is 14.7. The van der Waals surface area contributed by atoms with Gasteiger partial charge in [0.15, 0.2) is 0 Å². The molecule has 1 amide bonds. The van der Waals surface area contributed by atoms with E-state index in [1.807, 2.05) is 11.8 Å². The lowest BCUT2D eigenvalue weighted by atomic mass is 9.92.